The minimum absolute atomic E-state index is 0.183. The van der Waals surface area contributed by atoms with Gasteiger partial charge in [-0.1, -0.05) is 99.9 Å². The summed E-state index contributed by atoms with van der Waals surface area (Å²) in [6.07, 6.45) is 14.0. The minimum Gasteiger partial charge on any atom is -0.317 e. The van der Waals surface area contributed by atoms with Crippen molar-refractivity contribution in [3.63, 3.8) is 0 Å². The summed E-state index contributed by atoms with van der Waals surface area (Å²) in [5.41, 5.74) is 2.50. The first kappa shape index (κ1) is 35.4. The van der Waals surface area contributed by atoms with E-state index in [1.165, 1.54) is 61.2 Å². The highest BCUT2D eigenvalue weighted by molar-refractivity contribution is 6.26. The van der Waals surface area contributed by atoms with Crippen molar-refractivity contribution < 1.29 is 19.2 Å². The molecular weight excluding hydrogens is 624 g/mol. The summed E-state index contributed by atoms with van der Waals surface area (Å²) in [6, 6.07) is 22.6. The number of rotatable bonds is 21. The molecule has 262 valence electrons. The Kier molecular flexibility index (Phi) is 12.4. The van der Waals surface area contributed by atoms with Crippen molar-refractivity contribution in [2.45, 2.75) is 77.0 Å². The fourth-order valence-corrected chi connectivity index (χ4v) is 7.46. The molecule has 0 spiro atoms. The van der Waals surface area contributed by atoms with E-state index in [2.05, 4.69) is 10.6 Å². The van der Waals surface area contributed by atoms with Crippen molar-refractivity contribution >= 4 is 45.2 Å². The second-order valence-electron chi connectivity index (χ2n) is 13.7. The molecule has 2 heterocycles. The highest BCUT2D eigenvalue weighted by atomic mass is 16.2. The van der Waals surface area contributed by atoms with Gasteiger partial charge in [0.25, 0.3) is 23.6 Å². The van der Waals surface area contributed by atoms with Crippen LogP contribution in [0, 0.1) is 0 Å². The zero-order valence-electron chi connectivity index (χ0n) is 29.2. The molecule has 0 radical (unpaired) electrons. The second-order valence-corrected chi connectivity index (χ2v) is 13.7. The molecule has 6 rings (SSSR count). The van der Waals surface area contributed by atoms with Gasteiger partial charge in [-0.05, 0) is 86.9 Å². The standard InChI is InChI=1S/C42H50N4O4/c47-39-33-21-11-17-31-18-12-22-34(37(31)33)40(48)45(39)29-15-27-43-25-9-7-5-3-1-2-4-6-8-10-26-44-28-16-30-46-41(49)35-23-13-19-32-20-14-24-36(38(32)35)42(46)50/h11-14,17-24,43-44H,1-10,15-16,25-30H2. The lowest BCUT2D eigenvalue weighted by Crippen LogP contribution is -2.41. The van der Waals surface area contributed by atoms with Crippen LogP contribution in [-0.2, 0) is 0 Å². The van der Waals surface area contributed by atoms with E-state index < -0.39 is 0 Å². The first-order chi connectivity index (χ1) is 24.6. The van der Waals surface area contributed by atoms with Crippen LogP contribution in [0.25, 0.3) is 21.5 Å². The molecule has 4 aromatic carbocycles. The Labute approximate surface area is 295 Å². The minimum atomic E-state index is -0.183. The normalized spacial score (nSPS) is 14.1. The monoisotopic (exact) mass is 674 g/mol. The van der Waals surface area contributed by atoms with Crippen molar-refractivity contribution in [1.82, 2.24) is 20.4 Å². The maximum atomic E-state index is 13.0. The van der Waals surface area contributed by atoms with E-state index in [9.17, 15) is 19.2 Å². The van der Waals surface area contributed by atoms with Crippen molar-refractivity contribution in [2.24, 2.45) is 0 Å². The Bertz CT molecular complexity index is 1600. The molecule has 0 aliphatic carbocycles. The molecule has 4 aromatic rings. The molecule has 0 unspecified atom stereocenters. The van der Waals surface area contributed by atoms with Crippen LogP contribution in [0.3, 0.4) is 0 Å². The molecule has 0 saturated heterocycles. The highest BCUT2D eigenvalue weighted by Gasteiger charge is 2.33. The number of carbonyl (C=O) groups excluding carboxylic acids is 4. The Balaban J connectivity index is 0.717. The summed E-state index contributed by atoms with van der Waals surface area (Å²) in [6.45, 7) is 4.41. The fraction of sp³-hybridized carbons (Fsp3) is 0.429. The van der Waals surface area contributed by atoms with Crippen LogP contribution in [0.4, 0.5) is 0 Å². The zero-order chi connectivity index (χ0) is 34.7. The molecule has 4 amide bonds. The third kappa shape index (κ3) is 8.14. The number of nitrogens with one attached hydrogen (secondary N) is 2. The molecule has 2 aliphatic heterocycles. The number of hydrogen-bond acceptors (Lipinski definition) is 6. The van der Waals surface area contributed by atoms with Crippen LogP contribution in [-0.4, -0.2) is 72.7 Å². The van der Waals surface area contributed by atoms with E-state index in [0.29, 0.717) is 35.3 Å². The first-order valence-electron chi connectivity index (χ1n) is 18.7. The molecule has 0 bridgehead atoms. The summed E-state index contributed by atoms with van der Waals surface area (Å²) in [5, 5.41) is 10.4. The number of hydrogen-bond donors (Lipinski definition) is 2. The number of benzene rings is 4. The predicted molar refractivity (Wildman–Crippen MR) is 200 cm³/mol. The van der Waals surface area contributed by atoms with Gasteiger partial charge < -0.3 is 10.6 Å². The van der Waals surface area contributed by atoms with E-state index in [1.807, 2.05) is 72.8 Å². The molecule has 2 aliphatic rings. The summed E-state index contributed by atoms with van der Waals surface area (Å²) in [7, 11) is 0. The molecule has 50 heavy (non-hydrogen) atoms. The van der Waals surface area contributed by atoms with Gasteiger partial charge >= 0.3 is 0 Å². The topological polar surface area (TPSA) is 98.8 Å². The van der Waals surface area contributed by atoms with E-state index in [1.54, 1.807) is 0 Å². The largest absolute Gasteiger partial charge is 0.317 e. The summed E-state index contributed by atoms with van der Waals surface area (Å²) in [5.74, 6) is -0.732. The van der Waals surface area contributed by atoms with Crippen LogP contribution in [0.15, 0.2) is 72.8 Å². The zero-order valence-corrected chi connectivity index (χ0v) is 29.2. The summed E-state index contributed by atoms with van der Waals surface area (Å²) < 4.78 is 0. The Morgan fingerprint density at radius 1 is 0.360 bits per heavy atom. The second kappa shape index (κ2) is 17.5. The molecule has 8 heteroatoms. The third-order valence-corrected chi connectivity index (χ3v) is 10.1. The predicted octanol–water partition coefficient (Wildman–Crippen LogP) is 7.75. The first-order valence-corrected chi connectivity index (χ1v) is 18.7. The van der Waals surface area contributed by atoms with Crippen LogP contribution >= 0.6 is 0 Å². The Hall–Kier alpha value is -4.40. The lowest BCUT2D eigenvalue weighted by Gasteiger charge is -2.27. The summed E-state index contributed by atoms with van der Waals surface area (Å²) in [4.78, 5) is 54.8. The molecule has 8 nitrogen and oxygen atoms in total. The van der Waals surface area contributed by atoms with Crippen LogP contribution < -0.4 is 10.6 Å². The van der Waals surface area contributed by atoms with Crippen molar-refractivity contribution in [2.75, 3.05) is 39.3 Å². The van der Waals surface area contributed by atoms with Gasteiger partial charge in [-0.3, -0.25) is 29.0 Å². The van der Waals surface area contributed by atoms with Gasteiger partial charge in [0.15, 0.2) is 0 Å². The van der Waals surface area contributed by atoms with Crippen LogP contribution in [0.1, 0.15) is 118 Å². The van der Waals surface area contributed by atoms with E-state index >= 15 is 0 Å². The molecule has 0 saturated carbocycles. The van der Waals surface area contributed by atoms with E-state index in [0.717, 1.165) is 73.4 Å². The van der Waals surface area contributed by atoms with Gasteiger partial charge in [0.2, 0.25) is 0 Å². The van der Waals surface area contributed by atoms with E-state index in [-0.39, 0.29) is 23.6 Å². The van der Waals surface area contributed by atoms with Gasteiger partial charge in [0.1, 0.15) is 0 Å². The van der Waals surface area contributed by atoms with Crippen LogP contribution in [0.2, 0.25) is 0 Å². The molecule has 0 aromatic heterocycles. The maximum Gasteiger partial charge on any atom is 0.261 e. The van der Waals surface area contributed by atoms with Crippen LogP contribution in [0.5, 0.6) is 0 Å². The quantitative estimate of drug-likeness (QED) is 0.0693. The lowest BCUT2D eigenvalue weighted by molar-refractivity contribution is 0.0593. The number of imide groups is 2. The van der Waals surface area contributed by atoms with Gasteiger partial charge in [-0.15, -0.1) is 0 Å². The summed E-state index contributed by atoms with van der Waals surface area (Å²) >= 11 is 0. The fourth-order valence-electron chi connectivity index (χ4n) is 7.46. The Morgan fingerprint density at radius 3 is 0.960 bits per heavy atom. The van der Waals surface area contributed by atoms with Crippen molar-refractivity contribution in [3.05, 3.63) is 95.1 Å². The molecular formula is C42H50N4O4. The average molecular weight is 675 g/mol. The van der Waals surface area contributed by atoms with Gasteiger partial charge in [0.05, 0.1) is 0 Å². The van der Waals surface area contributed by atoms with Gasteiger partial charge in [0, 0.05) is 46.1 Å². The van der Waals surface area contributed by atoms with Gasteiger partial charge in [-0.2, -0.15) is 0 Å². The third-order valence-electron chi connectivity index (χ3n) is 10.1. The molecule has 0 fully saturated rings. The molecule has 0 atom stereocenters. The average Bonchev–Trinajstić information content (AvgIpc) is 3.14. The highest BCUT2D eigenvalue weighted by Crippen LogP contribution is 2.31. The van der Waals surface area contributed by atoms with E-state index in [4.69, 9.17) is 0 Å². The van der Waals surface area contributed by atoms with Crippen molar-refractivity contribution in [1.29, 1.82) is 0 Å². The Morgan fingerprint density at radius 2 is 0.640 bits per heavy atom. The number of amides is 4. The number of carbonyl (C=O) groups is 4. The lowest BCUT2D eigenvalue weighted by atomic mass is 9.94. The number of unbranched alkanes of at least 4 members (excludes halogenated alkanes) is 9. The van der Waals surface area contributed by atoms with Crippen molar-refractivity contribution in [3.8, 4) is 0 Å². The van der Waals surface area contributed by atoms with Gasteiger partial charge in [-0.25, -0.2) is 0 Å². The smallest absolute Gasteiger partial charge is 0.261 e. The molecule has 2 N–H and O–H groups in total. The SMILES string of the molecule is O=C1c2cccc3cccc(c23)C(=O)N1CCCNCCCCCCCCCCCCNCCCN1C(=O)c2cccc3cccc(c23)C1=O. The maximum absolute atomic E-state index is 13.0. The number of nitrogens with zero attached hydrogens (tertiary/aromatic N) is 2.